The molecule has 100 valence electrons. The lowest BCUT2D eigenvalue weighted by molar-refractivity contribution is 0.287. The van der Waals surface area contributed by atoms with Crippen molar-refractivity contribution in [3.05, 3.63) is 29.1 Å². The van der Waals surface area contributed by atoms with E-state index in [0.29, 0.717) is 11.3 Å². The quantitative estimate of drug-likeness (QED) is 0.637. The Balaban J connectivity index is 2.43. The number of nitrogens with zero attached hydrogens (tertiary/aromatic N) is 1. The molecule has 1 heterocycles. The van der Waals surface area contributed by atoms with Crippen LogP contribution in [0, 0.1) is 5.41 Å². The summed E-state index contributed by atoms with van der Waals surface area (Å²) in [6.45, 7) is 13.8. The van der Waals surface area contributed by atoms with Gasteiger partial charge in [-0.05, 0) is 42.2 Å². The van der Waals surface area contributed by atoms with E-state index in [1.807, 2.05) is 0 Å². The van der Waals surface area contributed by atoms with Gasteiger partial charge in [-0.2, -0.15) is 0 Å². The molecule has 2 rings (SSSR count). The van der Waals surface area contributed by atoms with Crippen LogP contribution in [0.3, 0.4) is 0 Å². The highest BCUT2D eigenvalue weighted by molar-refractivity contribution is 5.32. The molecule has 0 fully saturated rings. The van der Waals surface area contributed by atoms with Crippen molar-refractivity contribution in [1.82, 2.24) is 4.98 Å². The van der Waals surface area contributed by atoms with Crippen LogP contribution in [-0.2, 0) is 11.8 Å². The smallest absolute Gasteiger partial charge is 0.0460 e. The van der Waals surface area contributed by atoms with Crippen molar-refractivity contribution in [3.63, 3.8) is 0 Å². The normalized spacial score (nSPS) is 20.7. The molecule has 1 aliphatic rings. The van der Waals surface area contributed by atoms with Crippen LogP contribution in [0.4, 0.5) is 0 Å². The van der Waals surface area contributed by atoms with Crippen molar-refractivity contribution in [3.8, 4) is 0 Å². The van der Waals surface area contributed by atoms with Gasteiger partial charge in [0, 0.05) is 16.8 Å². The van der Waals surface area contributed by atoms with Crippen molar-refractivity contribution in [2.75, 3.05) is 0 Å². The average Bonchev–Trinajstić information content (AvgIpc) is 2.25. The molecular formula is C17H27N. The lowest BCUT2D eigenvalue weighted by Gasteiger charge is -2.36. The minimum absolute atomic E-state index is 0.156. The van der Waals surface area contributed by atoms with E-state index in [2.05, 4.69) is 53.7 Å². The molecule has 1 nitrogen and oxygen atoms in total. The minimum Gasteiger partial charge on any atom is -0.257 e. The highest BCUT2D eigenvalue weighted by Gasteiger charge is 2.31. The number of hydrogen-bond donors (Lipinski definition) is 0. The Morgan fingerprint density at radius 3 is 2.28 bits per heavy atom. The van der Waals surface area contributed by atoms with Gasteiger partial charge in [0.1, 0.15) is 0 Å². The van der Waals surface area contributed by atoms with E-state index in [9.17, 15) is 0 Å². The van der Waals surface area contributed by atoms with E-state index >= 15 is 0 Å². The van der Waals surface area contributed by atoms with Crippen LogP contribution in [0.15, 0.2) is 12.1 Å². The number of rotatable bonds is 0. The predicted molar refractivity (Wildman–Crippen MR) is 78.1 cm³/mol. The third-order valence-corrected chi connectivity index (χ3v) is 4.10. The fraction of sp³-hybridized carbons (Fsp3) is 0.706. The Hall–Kier alpha value is -0.850. The van der Waals surface area contributed by atoms with Crippen molar-refractivity contribution < 1.29 is 0 Å². The summed E-state index contributed by atoms with van der Waals surface area (Å²) in [4.78, 5) is 4.95. The van der Waals surface area contributed by atoms with Crippen LogP contribution in [0.25, 0.3) is 0 Å². The molecular weight excluding hydrogens is 218 g/mol. The highest BCUT2D eigenvalue weighted by Crippen LogP contribution is 2.43. The maximum atomic E-state index is 4.95. The Kier molecular flexibility index (Phi) is 3.29. The summed E-state index contributed by atoms with van der Waals surface area (Å²) in [6.07, 6.45) is 3.76. The van der Waals surface area contributed by atoms with Crippen LogP contribution < -0.4 is 0 Å². The number of aromatic nitrogens is 1. The zero-order valence-corrected chi connectivity index (χ0v) is 12.8. The fourth-order valence-electron chi connectivity index (χ4n) is 2.98. The first-order valence-electron chi connectivity index (χ1n) is 7.20. The van der Waals surface area contributed by atoms with Gasteiger partial charge in [0.15, 0.2) is 0 Å². The van der Waals surface area contributed by atoms with Crippen LogP contribution in [0.2, 0.25) is 0 Å². The van der Waals surface area contributed by atoms with Gasteiger partial charge in [-0.25, -0.2) is 0 Å². The van der Waals surface area contributed by atoms with E-state index in [1.54, 1.807) is 0 Å². The lowest BCUT2D eigenvalue weighted by atomic mass is 9.70. The van der Waals surface area contributed by atoms with Gasteiger partial charge in [-0.1, -0.05) is 47.6 Å². The van der Waals surface area contributed by atoms with Crippen molar-refractivity contribution in [2.45, 2.75) is 72.1 Å². The maximum Gasteiger partial charge on any atom is 0.0460 e. The Labute approximate surface area is 112 Å². The van der Waals surface area contributed by atoms with Crippen LogP contribution in [-0.4, -0.2) is 4.98 Å². The van der Waals surface area contributed by atoms with Gasteiger partial charge in [0.25, 0.3) is 0 Å². The van der Waals surface area contributed by atoms with Crippen molar-refractivity contribution in [2.24, 2.45) is 5.41 Å². The summed E-state index contributed by atoms with van der Waals surface area (Å²) in [5.74, 6) is 0.669. The van der Waals surface area contributed by atoms with E-state index in [0.717, 1.165) is 6.42 Å². The van der Waals surface area contributed by atoms with Crippen molar-refractivity contribution in [1.29, 1.82) is 0 Å². The molecule has 0 saturated carbocycles. The van der Waals surface area contributed by atoms with Gasteiger partial charge in [-0.3, -0.25) is 4.98 Å². The third kappa shape index (κ3) is 2.60. The molecule has 0 bridgehead atoms. The molecule has 1 aliphatic carbocycles. The van der Waals surface area contributed by atoms with Gasteiger partial charge < -0.3 is 0 Å². The maximum absolute atomic E-state index is 4.95. The Morgan fingerprint density at radius 2 is 1.72 bits per heavy atom. The average molecular weight is 245 g/mol. The molecule has 1 unspecified atom stereocenters. The minimum atomic E-state index is 0.156. The van der Waals surface area contributed by atoms with Crippen LogP contribution in [0.5, 0.6) is 0 Å². The Morgan fingerprint density at radius 1 is 1.06 bits per heavy atom. The van der Waals surface area contributed by atoms with Gasteiger partial charge >= 0.3 is 0 Å². The molecule has 0 aliphatic heterocycles. The van der Waals surface area contributed by atoms with E-state index in [-0.39, 0.29) is 5.41 Å². The second-order valence-electron chi connectivity index (χ2n) is 7.79. The summed E-state index contributed by atoms with van der Waals surface area (Å²) < 4.78 is 0. The molecule has 0 radical (unpaired) electrons. The molecule has 0 N–H and O–H groups in total. The van der Waals surface area contributed by atoms with Gasteiger partial charge in [0.05, 0.1) is 0 Å². The number of pyridine rings is 1. The number of aryl methyl sites for hydroxylation is 1. The second-order valence-corrected chi connectivity index (χ2v) is 7.79. The first kappa shape index (κ1) is 13.6. The topological polar surface area (TPSA) is 12.9 Å². The second kappa shape index (κ2) is 4.36. The zero-order valence-electron chi connectivity index (χ0n) is 12.8. The van der Waals surface area contributed by atoms with E-state index in [4.69, 9.17) is 4.98 Å². The summed E-state index contributed by atoms with van der Waals surface area (Å²) >= 11 is 0. The summed E-state index contributed by atoms with van der Waals surface area (Å²) in [6, 6.07) is 4.58. The number of hydrogen-bond acceptors (Lipinski definition) is 1. The molecule has 1 aromatic heterocycles. The first-order chi connectivity index (χ1) is 8.19. The van der Waals surface area contributed by atoms with Gasteiger partial charge in [0.2, 0.25) is 0 Å². The Bertz CT molecular complexity index is 432. The van der Waals surface area contributed by atoms with Crippen molar-refractivity contribution >= 4 is 0 Å². The van der Waals surface area contributed by atoms with Crippen LogP contribution in [0.1, 0.15) is 77.3 Å². The molecule has 1 atom stereocenters. The predicted octanol–water partition coefficient (Wildman–Crippen LogP) is 4.85. The SMILES string of the molecule is CC(C)(C)c1ccc2c(n1)CCCC2C(C)(C)C. The highest BCUT2D eigenvalue weighted by atomic mass is 14.7. The molecule has 0 spiro atoms. The standard InChI is InChI=1S/C17H27N/c1-16(2,3)13-8-7-9-14-12(13)10-11-15(18-14)17(4,5)6/h10-11,13H,7-9H2,1-6H3. The molecule has 1 heteroatoms. The van der Waals surface area contributed by atoms with E-state index < -0.39 is 0 Å². The fourth-order valence-corrected chi connectivity index (χ4v) is 2.98. The zero-order chi connectivity index (χ0) is 13.6. The summed E-state index contributed by atoms with van der Waals surface area (Å²) in [5.41, 5.74) is 4.59. The largest absolute Gasteiger partial charge is 0.257 e. The third-order valence-electron chi connectivity index (χ3n) is 4.10. The number of fused-ring (bicyclic) bond motifs is 1. The molecule has 18 heavy (non-hydrogen) atoms. The summed E-state index contributed by atoms with van der Waals surface area (Å²) in [7, 11) is 0. The van der Waals surface area contributed by atoms with E-state index in [1.165, 1.54) is 29.8 Å². The molecule has 0 saturated heterocycles. The molecule has 0 amide bonds. The molecule has 1 aromatic rings. The lowest BCUT2D eigenvalue weighted by Crippen LogP contribution is -2.25. The van der Waals surface area contributed by atoms with Crippen LogP contribution >= 0.6 is 0 Å². The van der Waals surface area contributed by atoms with Gasteiger partial charge in [-0.15, -0.1) is 0 Å². The molecule has 0 aromatic carbocycles. The summed E-state index contributed by atoms with van der Waals surface area (Å²) in [5, 5.41) is 0. The first-order valence-corrected chi connectivity index (χ1v) is 7.20. The monoisotopic (exact) mass is 245 g/mol.